The smallest absolute Gasteiger partial charge is 0.325 e. The third-order valence-corrected chi connectivity index (χ3v) is 4.69. The maximum Gasteiger partial charge on any atom is 0.325 e. The van der Waals surface area contributed by atoms with Crippen LogP contribution in [0, 0.1) is 5.82 Å². The van der Waals surface area contributed by atoms with Crippen molar-refractivity contribution in [3.63, 3.8) is 0 Å². The SMILES string of the molecule is C[C@]1(c2ccc3c(c2)OCO3)NC(=O)N(CC(=O)c2ccc(F)cc2)C1=O. The summed E-state index contributed by atoms with van der Waals surface area (Å²) in [5.41, 5.74) is -0.600. The van der Waals surface area contributed by atoms with Gasteiger partial charge in [-0.15, -0.1) is 0 Å². The van der Waals surface area contributed by atoms with Gasteiger partial charge < -0.3 is 14.8 Å². The molecule has 2 aliphatic rings. The largest absolute Gasteiger partial charge is 0.454 e. The van der Waals surface area contributed by atoms with Crippen molar-refractivity contribution in [2.45, 2.75) is 12.5 Å². The van der Waals surface area contributed by atoms with Gasteiger partial charge in [0, 0.05) is 5.56 Å². The molecule has 0 aromatic heterocycles. The zero-order chi connectivity index (χ0) is 19.2. The summed E-state index contributed by atoms with van der Waals surface area (Å²) >= 11 is 0. The van der Waals surface area contributed by atoms with Gasteiger partial charge in [0.05, 0.1) is 6.54 Å². The Morgan fingerprint density at radius 3 is 2.59 bits per heavy atom. The van der Waals surface area contributed by atoms with Crippen LogP contribution in [0.15, 0.2) is 42.5 Å². The van der Waals surface area contributed by atoms with E-state index in [0.717, 1.165) is 17.0 Å². The molecule has 1 N–H and O–H groups in total. The topological polar surface area (TPSA) is 84.9 Å². The molecule has 27 heavy (non-hydrogen) atoms. The number of ether oxygens (including phenoxy) is 2. The van der Waals surface area contributed by atoms with E-state index in [0.29, 0.717) is 17.1 Å². The van der Waals surface area contributed by atoms with E-state index in [1.165, 1.54) is 12.1 Å². The molecule has 2 aromatic rings. The summed E-state index contributed by atoms with van der Waals surface area (Å²) in [6.45, 7) is 1.22. The summed E-state index contributed by atoms with van der Waals surface area (Å²) in [5.74, 6) is -0.453. The fourth-order valence-corrected chi connectivity index (χ4v) is 3.11. The Labute approximate surface area is 153 Å². The average Bonchev–Trinajstić information content (AvgIpc) is 3.20. The number of nitrogens with zero attached hydrogens (tertiary/aromatic N) is 1. The van der Waals surface area contributed by atoms with Crippen molar-refractivity contribution in [1.82, 2.24) is 10.2 Å². The molecule has 2 aromatic carbocycles. The predicted octanol–water partition coefficient (Wildman–Crippen LogP) is 2.20. The van der Waals surface area contributed by atoms with Crippen molar-refractivity contribution in [2.75, 3.05) is 13.3 Å². The molecule has 1 atom stereocenters. The Morgan fingerprint density at radius 2 is 1.85 bits per heavy atom. The van der Waals surface area contributed by atoms with Crippen molar-refractivity contribution >= 4 is 17.7 Å². The van der Waals surface area contributed by atoms with Gasteiger partial charge in [-0.25, -0.2) is 9.18 Å². The Hall–Kier alpha value is -3.42. The van der Waals surface area contributed by atoms with E-state index >= 15 is 0 Å². The molecule has 8 heteroatoms. The summed E-state index contributed by atoms with van der Waals surface area (Å²) in [6.07, 6.45) is 0. The van der Waals surface area contributed by atoms with Crippen molar-refractivity contribution < 1.29 is 28.2 Å². The van der Waals surface area contributed by atoms with Gasteiger partial charge in [-0.2, -0.15) is 0 Å². The summed E-state index contributed by atoms with van der Waals surface area (Å²) in [6, 6.07) is 9.21. The number of hydrogen-bond donors (Lipinski definition) is 1. The lowest BCUT2D eigenvalue weighted by Gasteiger charge is -2.22. The van der Waals surface area contributed by atoms with Crippen molar-refractivity contribution in [2.24, 2.45) is 0 Å². The third-order valence-electron chi connectivity index (χ3n) is 4.69. The van der Waals surface area contributed by atoms with Gasteiger partial charge in [0.2, 0.25) is 6.79 Å². The first-order valence-corrected chi connectivity index (χ1v) is 8.21. The van der Waals surface area contributed by atoms with Crippen LogP contribution in [0.25, 0.3) is 0 Å². The summed E-state index contributed by atoms with van der Waals surface area (Å²) in [5, 5.41) is 2.63. The maximum atomic E-state index is 13.0. The molecule has 0 spiro atoms. The molecule has 1 fully saturated rings. The third kappa shape index (κ3) is 2.79. The number of ketones is 1. The molecule has 3 amide bonds. The Bertz CT molecular complexity index is 959. The second-order valence-corrected chi connectivity index (χ2v) is 6.44. The van der Waals surface area contributed by atoms with E-state index in [-0.39, 0.29) is 12.4 Å². The van der Waals surface area contributed by atoms with E-state index in [2.05, 4.69) is 5.32 Å². The van der Waals surface area contributed by atoms with Crippen molar-refractivity contribution in [1.29, 1.82) is 0 Å². The number of benzene rings is 2. The number of rotatable bonds is 4. The lowest BCUT2D eigenvalue weighted by atomic mass is 9.91. The standard InChI is InChI=1S/C19H15FN2O5/c1-19(12-4-7-15-16(8-12)27-10-26-15)17(24)22(18(25)21-19)9-14(23)11-2-5-13(20)6-3-11/h2-8H,9-10H2,1H3,(H,21,25)/t19-/m1/s1. The molecule has 138 valence electrons. The maximum absolute atomic E-state index is 13.0. The van der Waals surface area contributed by atoms with Crippen molar-refractivity contribution in [3.8, 4) is 11.5 Å². The molecule has 1 saturated heterocycles. The van der Waals surface area contributed by atoms with Crippen LogP contribution in [0.4, 0.5) is 9.18 Å². The Kier molecular flexibility index (Phi) is 3.83. The molecule has 0 bridgehead atoms. The zero-order valence-electron chi connectivity index (χ0n) is 14.3. The predicted molar refractivity (Wildman–Crippen MR) is 90.9 cm³/mol. The van der Waals surface area contributed by atoms with Crippen LogP contribution in [0.5, 0.6) is 11.5 Å². The number of Topliss-reactive ketones (excluding diaryl/α,β-unsaturated/α-hetero) is 1. The van der Waals surface area contributed by atoms with Crippen LogP contribution >= 0.6 is 0 Å². The molecular formula is C19H15FN2O5. The first-order valence-electron chi connectivity index (χ1n) is 8.21. The molecule has 0 radical (unpaired) electrons. The molecule has 2 heterocycles. The van der Waals surface area contributed by atoms with E-state index in [1.807, 2.05) is 0 Å². The van der Waals surface area contributed by atoms with Gasteiger partial charge in [-0.05, 0) is 48.9 Å². The molecular weight excluding hydrogens is 355 g/mol. The lowest BCUT2D eigenvalue weighted by Crippen LogP contribution is -2.41. The van der Waals surface area contributed by atoms with Gasteiger partial charge in [0.1, 0.15) is 11.4 Å². The van der Waals surface area contributed by atoms with Crippen LogP contribution in [-0.2, 0) is 10.3 Å². The van der Waals surface area contributed by atoms with Crippen LogP contribution < -0.4 is 14.8 Å². The zero-order valence-corrected chi connectivity index (χ0v) is 14.3. The number of fused-ring (bicyclic) bond motifs is 1. The van der Waals surface area contributed by atoms with Gasteiger partial charge in [0.25, 0.3) is 5.91 Å². The monoisotopic (exact) mass is 370 g/mol. The van der Waals surface area contributed by atoms with Crippen LogP contribution in [0.1, 0.15) is 22.8 Å². The van der Waals surface area contributed by atoms with Gasteiger partial charge in [-0.1, -0.05) is 6.07 Å². The average molecular weight is 370 g/mol. The van der Waals surface area contributed by atoms with Crippen LogP contribution in [0.2, 0.25) is 0 Å². The molecule has 0 saturated carbocycles. The fraction of sp³-hybridized carbons (Fsp3) is 0.211. The first kappa shape index (κ1) is 17.0. The number of urea groups is 1. The number of carbonyl (C=O) groups excluding carboxylic acids is 3. The van der Waals surface area contributed by atoms with E-state index in [4.69, 9.17) is 9.47 Å². The van der Waals surface area contributed by atoms with E-state index in [9.17, 15) is 18.8 Å². The Morgan fingerprint density at radius 1 is 1.15 bits per heavy atom. The number of carbonyl (C=O) groups is 3. The molecule has 0 unspecified atom stereocenters. The Balaban J connectivity index is 1.58. The number of amides is 3. The molecule has 0 aliphatic carbocycles. The quantitative estimate of drug-likeness (QED) is 0.659. The van der Waals surface area contributed by atoms with Gasteiger partial charge in [-0.3, -0.25) is 14.5 Å². The summed E-state index contributed by atoms with van der Waals surface area (Å²) < 4.78 is 23.6. The van der Waals surface area contributed by atoms with Crippen molar-refractivity contribution in [3.05, 3.63) is 59.4 Å². The molecule has 2 aliphatic heterocycles. The summed E-state index contributed by atoms with van der Waals surface area (Å²) in [7, 11) is 0. The van der Waals surface area contributed by atoms with Gasteiger partial charge >= 0.3 is 6.03 Å². The van der Waals surface area contributed by atoms with E-state index in [1.54, 1.807) is 25.1 Å². The lowest BCUT2D eigenvalue weighted by molar-refractivity contribution is -0.130. The normalized spacial score (nSPS) is 20.7. The minimum atomic E-state index is -1.33. The highest BCUT2D eigenvalue weighted by molar-refractivity contribution is 6.11. The van der Waals surface area contributed by atoms with E-state index < -0.39 is 35.6 Å². The number of imide groups is 1. The second kappa shape index (κ2) is 6.08. The highest BCUT2D eigenvalue weighted by atomic mass is 19.1. The second-order valence-electron chi connectivity index (χ2n) is 6.44. The number of hydrogen-bond acceptors (Lipinski definition) is 5. The summed E-state index contributed by atoms with van der Waals surface area (Å²) in [4.78, 5) is 38.5. The highest BCUT2D eigenvalue weighted by Crippen LogP contribution is 2.37. The number of halogens is 1. The minimum absolute atomic E-state index is 0.0914. The first-order chi connectivity index (χ1) is 12.9. The molecule has 4 rings (SSSR count). The fourth-order valence-electron chi connectivity index (χ4n) is 3.11. The number of nitrogens with one attached hydrogen (secondary N) is 1. The molecule has 7 nitrogen and oxygen atoms in total. The minimum Gasteiger partial charge on any atom is -0.454 e. The van der Waals surface area contributed by atoms with Crippen LogP contribution in [-0.4, -0.2) is 36.0 Å². The van der Waals surface area contributed by atoms with Crippen LogP contribution in [0.3, 0.4) is 0 Å². The highest BCUT2D eigenvalue weighted by Gasteiger charge is 2.49. The van der Waals surface area contributed by atoms with Gasteiger partial charge in [0.15, 0.2) is 17.3 Å².